The molecule has 23 heavy (non-hydrogen) atoms. The number of anilines is 2. The summed E-state index contributed by atoms with van der Waals surface area (Å²) in [5.41, 5.74) is 1.28. The third-order valence-electron chi connectivity index (χ3n) is 4.13. The largest absolute Gasteiger partial charge is 0.479 e. The summed E-state index contributed by atoms with van der Waals surface area (Å²) >= 11 is 0. The third kappa shape index (κ3) is 4.36. The fraction of sp³-hybridized carbons (Fsp3) is 0.500. The molecule has 1 aromatic rings. The number of fused-ring (bicyclic) bond motifs is 1. The second kappa shape index (κ2) is 7.66. The van der Waals surface area contributed by atoms with Gasteiger partial charge in [0.15, 0.2) is 6.10 Å². The lowest BCUT2D eigenvalue weighted by Gasteiger charge is -2.24. The first-order valence-corrected chi connectivity index (χ1v) is 7.74. The molecule has 126 valence electrons. The standard InChI is InChI=1S/C16H21N3O3.ClH/c1-10-16(21)19-13-9-12(2-3-14(13)22-10)18-15(20)8-11-4-6-17-7-5-11;/h2-3,9-11,17H,4-8H2,1H3,(H,18,20)(H,19,21);1H. The highest BCUT2D eigenvalue weighted by atomic mass is 35.5. The van der Waals surface area contributed by atoms with Gasteiger partial charge in [0.25, 0.3) is 5.91 Å². The first-order chi connectivity index (χ1) is 10.6. The van der Waals surface area contributed by atoms with Gasteiger partial charge in [0, 0.05) is 12.1 Å². The summed E-state index contributed by atoms with van der Waals surface area (Å²) in [6.07, 6.45) is 2.13. The lowest BCUT2D eigenvalue weighted by molar-refractivity contribution is -0.122. The van der Waals surface area contributed by atoms with Crippen molar-refractivity contribution in [2.45, 2.75) is 32.3 Å². The molecule has 0 bridgehead atoms. The van der Waals surface area contributed by atoms with Gasteiger partial charge < -0.3 is 20.7 Å². The number of benzene rings is 1. The van der Waals surface area contributed by atoms with Crippen LogP contribution < -0.4 is 20.7 Å². The molecule has 0 spiro atoms. The summed E-state index contributed by atoms with van der Waals surface area (Å²) in [4.78, 5) is 23.7. The molecule has 1 aromatic carbocycles. The molecule has 3 N–H and O–H groups in total. The number of piperidine rings is 1. The van der Waals surface area contributed by atoms with Crippen molar-refractivity contribution in [1.82, 2.24) is 5.32 Å². The van der Waals surface area contributed by atoms with Crippen molar-refractivity contribution in [2.75, 3.05) is 23.7 Å². The van der Waals surface area contributed by atoms with Gasteiger partial charge >= 0.3 is 0 Å². The molecular formula is C16H22ClN3O3. The molecule has 3 rings (SSSR count). The van der Waals surface area contributed by atoms with Crippen molar-refractivity contribution < 1.29 is 14.3 Å². The Hall–Kier alpha value is -1.79. The van der Waals surface area contributed by atoms with E-state index < -0.39 is 6.10 Å². The lowest BCUT2D eigenvalue weighted by Crippen LogP contribution is -2.34. The molecule has 2 aliphatic rings. The number of hydrogen-bond donors (Lipinski definition) is 3. The zero-order valence-electron chi connectivity index (χ0n) is 13.1. The smallest absolute Gasteiger partial charge is 0.265 e. The lowest BCUT2D eigenvalue weighted by atomic mass is 9.94. The highest BCUT2D eigenvalue weighted by Crippen LogP contribution is 2.32. The quantitative estimate of drug-likeness (QED) is 0.788. The van der Waals surface area contributed by atoms with E-state index in [1.807, 2.05) is 0 Å². The predicted molar refractivity (Wildman–Crippen MR) is 91.3 cm³/mol. The Morgan fingerprint density at radius 1 is 1.35 bits per heavy atom. The van der Waals surface area contributed by atoms with E-state index in [1.54, 1.807) is 25.1 Å². The van der Waals surface area contributed by atoms with Crippen LogP contribution in [-0.4, -0.2) is 31.0 Å². The fourth-order valence-electron chi connectivity index (χ4n) is 2.85. The molecule has 1 atom stereocenters. The topological polar surface area (TPSA) is 79.5 Å². The number of nitrogens with one attached hydrogen (secondary N) is 3. The number of hydrogen-bond acceptors (Lipinski definition) is 4. The Bertz CT molecular complexity index is 588. The molecule has 0 radical (unpaired) electrons. The van der Waals surface area contributed by atoms with E-state index in [-0.39, 0.29) is 24.2 Å². The Labute approximate surface area is 141 Å². The number of amides is 2. The Kier molecular flexibility index (Phi) is 5.85. The molecule has 6 nitrogen and oxygen atoms in total. The maximum Gasteiger partial charge on any atom is 0.265 e. The van der Waals surface area contributed by atoms with Crippen LogP contribution in [0.4, 0.5) is 11.4 Å². The predicted octanol–water partition coefficient (Wildman–Crippen LogP) is 2.16. The maximum atomic E-state index is 12.1. The average molecular weight is 340 g/mol. The molecule has 0 aromatic heterocycles. The van der Waals surface area contributed by atoms with E-state index in [0.717, 1.165) is 25.9 Å². The zero-order chi connectivity index (χ0) is 15.5. The Morgan fingerprint density at radius 2 is 2.09 bits per heavy atom. The minimum Gasteiger partial charge on any atom is -0.479 e. The molecule has 2 amide bonds. The van der Waals surface area contributed by atoms with Gasteiger partial charge in [0.05, 0.1) is 5.69 Å². The van der Waals surface area contributed by atoms with E-state index in [4.69, 9.17) is 4.74 Å². The van der Waals surface area contributed by atoms with Crippen molar-refractivity contribution in [1.29, 1.82) is 0 Å². The maximum absolute atomic E-state index is 12.1. The summed E-state index contributed by atoms with van der Waals surface area (Å²) in [6.45, 7) is 3.67. The summed E-state index contributed by atoms with van der Waals surface area (Å²) in [6, 6.07) is 5.30. The summed E-state index contributed by atoms with van der Waals surface area (Å²) in [7, 11) is 0. The van der Waals surface area contributed by atoms with Gasteiger partial charge in [-0.3, -0.25) is 9.59 Å². The summed E-state index contributed by atoms with van der Waals surface area (Å²) < 4.78 is 5.49. The average Bonchev–Trinajstić information content (AvgIpc) is 2.49. The molecule has 7 heteroatoms. The Balaban J connectivity index is 0.00000192. The number of rotatable bonds is 3. The normalized spacial score (nSPS) is 20.6. The highest BCUT2D eigenvalue weighted by molar-refractivity contribution is 5.99. The van der Waals surface area contributed by atoms with Crippen LogP contribution in [0.2, 0.25) is 0 Å². The van der Waals surface area contributed by atoms with Gasteiger partial charge in [0.2, 0.25) is 5.91 Å². The van der Waals surface area contributed by atoms with Crippen molar-refractivity contribution in [3.05, 3.63) is 18.2 Å². The number of halogens is 1. The van der Waals surface area contributed by atoms with Crippen LogP contribution >= 0.6 is 12.4 Å². The van der Waals surface area contributed by atoms with Crippen LogP contribution in [0.15, 0.2) is 18.2 Å². The van der Waals surface area contributed by atoms with E-state index in [0.29, 0.717) is 29.5 Å². The summed E-state index contributed by atoms with van der Waals surface area (Å²) in [5, 5.41) is 8.97. The second-order valence-electron chi connectivity index (χ2n) is 5.91. The fourth-order valence-corrected chi connectivity index (χ4v) is 2.85. The minimum atomic E-state index is -0.493. The summed E-state index contributed by atoms with van der Waals surface area (Å²) in [5.74, 6) is 0.917. The highest BCUT2D eigenvalue weighted by Gasteiger charge is 2.24. The molecule has 2 aliphatic heterocycles. The van der Waals surface area contributed by atoms with Crippen LogP contribution in [0.5, 0.6) is 5.75 Å². The van der Waals surface area contributed by atoms with Gasteiger partial charge in [-0.2, -0.15) is 0 Å². The Morgan fingerprint density at radius 3 is 2.83 bits per heavy atom. The van der Waals surface area contributed by atoms with Gasteiger partial charge in [-0.15, -0.1) is 12.4 Å². The number of carbonyl (C=O) groups excluding carboxylic acids is 2. The molecule has 1 fully saturated rings. The SMILES string of the molecule is CC1Oc2ccc(NC(=O)CC3CCNCC3)cc2NC1=O.Cl. The molecular weight excluding hydrogens is 318 g/mol. The second-order valence-corrected chi connectivity index (χ2v) is 5.91. The first-order valence-electron chi connectivity index (χ1n) is 7.74. The third-order valence-corrected chi connectivity index (χ3v) is 4.13. The van der Waals surface area contributed by atoms with E-state index in [1.165, 1.54) is 0 Å². The van der Waals surface area contributed by atoms with Crippen LogP contribution in [0, 0.1) is 5.92 Å². The molecule has 1 unspecified atom stereocenters. The van der Waals surface area contributed by atoms with Crippen molar-refractivity contribution in [3.8, 4) is 5.75 Å². The van der Waals surface area contributed by atoms with E-state index in [9.17, 15) is 9.59 Å². The monoisotopic (exact) mass is 339 g/mol. The first kappa shape index (κ1) is 17.6. The van der Waals surface area contributed by atoms with E-state index in [2.05, 4.69) is 16.0 Å². The molecule has 1 saturated heterocycles. The van der Waals surface area contributed by atoms with E-state index >= 15 is 0 Å². The van der Waals surface area contributed by atoms with Crippen molar-refractivity contribution in [2.24, 2.45) is 5.92 Å². The van der Waals surface area contributed by atoms with Crippen LogP contribution in [0.3, 0.4) is 0 Å². The van der Waals surface area contributed by atoms with Gasteiger partial charge in [0.1, 0.15) is 5.75 Å². The van der Waals surface area contributed by atoms with Crippen LogP contribution in [-0.2, 0) is 9.59 Å². The molecule has 0 saturated carbocycles. The van der Waals surface area contributed by atoms with Crippen LogP contribution in [0.1, 0.15) is 26.2 Å². The van der Waals surface area contributed by atoms with Crippen molar-refractivity contribution in [3.63, 3.8) is 0 Å². The van der Waals surface area contributed by atoms with Crippen LogP contribution in [0.25, 0.3) is 0 Å². The van der Waals surface area contributed by atoms with Gasteiger partial charge in [-0.1, -0.05) is 0 Å². The number of ether oxygens (including phenoxy) is 1. The van der Waals surface area contributed by atoms with Gasteiger partial charge in [-0.05, 0) is 57.0 Å². The number of carbonyl (C=O) groups is 2. The molecule has 2 heterocycles. The van der Waals surface area contributed by atoms with Gasteiger partial charge in [-0.25, -0.2) is 0 Å². The zero-order valence-corrected chi connectivity index (χ0v) is 13.9. The van der Waals surface area contributed by atoms with Crippen molar-refractivity contribution >= 4 is 35.6 Å². The molecule has 0 aliphatic carbocycles. The minimum absolute atomic E-state index is 0.